The molecule has 3 N–H and O–H groups in total. The van der Waals surface area contributed by atoms with Gasteiger partial charge in [0.1, 0.15) is 5.69 Å². The number of rotatable bonds is 8. The van der Waals surface area contributed by atoms with Gasteiger partial charge in [-0.15, -0.1) is 0 Å². The summed E-state index contributed by atoms with van der Waals surface area (Å²) in [4.78, 5) is 29.4. The van der Waals surface area contributed by atoms with Gasteiger partial charge in [-0.05, 0) is 40.6 Å². The van der Waals surface area contributed by atoms with Gasteiger partial charge in [0.2, 0.25) is 11.8 Å². The van der Waals surface area contributed by atoms with Crippen molar-refractivity contribution in [2.45, 2.75) is 19.3 Å². The fraction of sp³-hybridized carbons (Fsp3) is 0.111. The van der Waals surface area contributed by atoms with Gasteiger partial charge in [-0.2, -0.15) is 18.3 Å². The maximum atomic E-state index is 13.6. The molecule has 5 rings (SSSR count). The van der Waals surface area contributed by atoms with Crippen molar-refractivity contribution in [1.82, 2.24) is 20.0 Å². The number of carbonyl (C=O) groups is 2. The lowest BCUT2D eigenvalue weighted by atomic mass is 10.1. The number of benzene rings is 2. The minimum absolute atomic E-state index is 0.0496. The van der Waals surface area contributed by atoms with Crippen LogP contribution in [0.2, 0.25) is 0 Å². The number of anilines is 3. The molecule has 41 heavy (non-hydrogen) atoms. The van der Waals surface area contributed by atoms with E-state index in [1.807, 2.05) is 30.3 Å². The van der Waals surface area contributed by atoms with Crippen LogP contribution in [0.3, 0.4) is 0 Å². The zero-order valence-electron chi connectivity index (χ0n) is 21.2. The number of halogens is 3. The second-order valence-corrected chi connectivity index (χ2v) is 8.83. The summed E-state index contributed by atoms with van der Waals surface area (Å²) in [6, 6.07) is 16.6. The monoisotopic (exact) mass is 563 g/mol. The van der Waals surface area contributed by atoms with Gasteiger partial charge in [-0.25, -0.2) is 4.79 Å². The minimum atomic E-state index is -4.74. The molecule has 0 bridgehead atoms. The molecule has 2 aromatic carbocycles. The summed E-state index contributed by atoms with van der Waals surface area (Å²) in [7, 11) is 0. The van der Waals surface area contributed by atoms with E-state index < -0.39 is 23.7 Å². The van der Waals surface area contributed by atoms with Crippen molar-refractivity contribution in [2.24, 2.45) is 0 Å². The molecule has 0 aliphatic rings. The van der Waals surface area contributed by atoms with Crippen molar-refractivity contribution in [2.75, 3.05) is 16.0 Å². The van der Waals surface area contributed by atoms with Crippen LogP contribution in [0, 0.1) is 0 Å². The Kier molecular flexibility index (Phi) is 7.71. The second kappa shape index (κ2) is 11.7. The van der Waals surface area contributed by atoms with E-state index in [1.54, 1.807) is 24.4 Å². The number of urea groups is 1. The first-order chi connectivity index (χ1) is 19.7. The number of nitrogens with zero attached hydrogens (tertiary/aromatic N) is 5. The third-order valence-corrected chi connectivity index (χ3v) is 5.66. The van der Waals surface area contributed by atoms with Crippen molar-refractivity contribution in [3.05, 3.63) is 114 Å². The molecule has 208 valence electrons. The van der Waals surface area contributed by atoms with Crippen molar-refractivity contribution in [1.29, 1.82) is 0 Å². The van der Waals surface area contributed by atoms with E-state index in [2.05, 4.69) is 31.3 Å². The van der Waals surface area contributed by atoms with E-state index >= 15 is 0 Å². The molecule has 3 amide bonds. The highest BCUT2D eigenvalue weighted by Crippen LogP contribution is 2.33. The Morgan fingerprint density at radius 2 is 1.71 bits per heavy atom. The lowest BCUT2D eigenvalue weighted by molar-refractivity contribution is -0.755. The third kappa shape index (κ3) is 7.32. The number of carbonyl (C=O) groups excluding carboxylic acids is 2. The topological polar surface area (TPSA) is 131 Å². The SMILES string of the molecule is O=C(Nc1cc(NC(=O)c2cnn(Cc3ccccc3)c2)cc(C(F)(F)F)c1)Nc1c[n+](Cc2ccccn2)no1. The maximum Gasteiger partial charge on any atom is 0.416 e. The Morgan fingerprint density at radius 1 is 0.951 bits per heavy atom. The first-order valence-electron chi connectivity index (χ1n) is 12.2. The molecular formula is C27H22F3N8O3+. The van der Waals surface area contributed by atoms with Crippen molar-refractivity contribution < 1.29 is 32.0 Å². The van der Waals surface area contributed by atoms with Crippen LogP contribution >= 0.6 is 0 Å². The third-order valence-electron chi connectivity index (χ3n) is 5.66. The molecular weight excluding hydrogens is 541 g/mol. The molecule has 0 fully saturated rings. The largest absolute Gasteiger partial charge is 0.416 e. The molecule has 0 aliphatic carbocycles. The van der Waals surface area contributed by atoms with Gasteiger partial charge < -0.3 is 10.6 Å². The molecule has 5 aromatic rings. The number of nitrogens with one attached hydrogen (secondary N) is 3. The van der Waals surface area contributed by atoms with E-state index in [9.17, 15) is 22.8 Å². The van der Waals surface area contributed by atoms with E-state index in [0.29, 0.717) is 12.2 Å². The first-order valence-corrected chi connectivity index (χ1v) is 12.2. The van der Waals surface area contributed by atoms with Gasteiger partial charge in [0.15, 0.2) is 0 Å². The number of alkyl halides is 3. The molecule has 0 spiro atoms. The summed E-state index contributed by atoms with van der Waals surface area (Å²) in [5.41, 5.74) is 0.344. The van der Waals surface area contributed by atoms with Gasteiger partial charge in [0.25, 0.3) is 12.1 Å². The van der Waals surface area contributed by atoms with Crippen LogP contribution in [0.25, 0.3) is 0 Å². The van der Waals surface area contributed by atoms with Gasteiger partial charge in [0.05, 0.1) is 23.9 Å². The lowest BCUT2D eigenvalue weighted by Gasteiger charge is -2.13. The molecule has 0 saturated carbocycles. The second-order valence-electron chi connectivity index (χ2n) is 8.83. The molecule has 0 aliphatic heterocycles. The van der Waals surface area contributed by atoms with Crippen molar-refractivity contribution in [3.8, 4) is 0 Å². The Labute approximate surface area is 230 Å². The average molecular weight is 564 g/mol. The highest BCUT2D eigenvalue weighted by molar-refractivity contribution is 6.05. The highest BCUT2D eigenvalue weighted by Gasteiger charge is 2.32. The smallest absolute Gasteiger partial charge is 0.322 e. The number of amides is 3. The average Bonchev–Trinajstić information content (AvgIpc) is 3.58. The molecule has 14 heteroatoms. The molecule has 11 nitrogen and oxygen atoms in total. The number of aromatic nitrogens is 5. The lowest BCUT2D eigenvalue weighted by Crippen LogP contribution is -2.35. The molecule has 0 atom stereocenters. The molecule has 0 unspecified atom stereocenters. The van der Waals surface area contributed by atoms with Crippen LogP contribution < -0.4 is 20.6 Å². The van der Waals surface area contributed by atoms with Crippen LogP contribution in [0.1, 0.15) is 27.2 Å². The van der Waals surface area contributed by atoms with Crippen LogP contribution in [-0.4, -0.2) is 32.0 Å². The van der Waals surface area contributed by atoms with E-state index in [1.165, 1.54) is 34.0 Å². The summed E-state index contributed by atoms with van der Waals surface area (Å²) < 4.78 is 48.8. The number of pyridine rings is 1. The van der Waals surface area contributed by atoms with E-state index in [-0.39, 0.29) is 29.4 Å². The minimum Gasteiger partial charge on any atom is -0.322 e. The molecule has 0 radical (unpaired) electrons. The Balaban J connectivity index is 1.26. The summed E-state index contributed by atoms with van der Waals surface area (Å²) >= 11 is 0. The summed E-state index contributed by atoms with van der Waals surface area (Å²) in [6.45, 7) is 0.685. The van der Waals surface area contributed by atoms with E-state index in [0.717, 1.165) is 17.7 Å². The Hall–Kier alpha value is -5.53. The van der Waals surface area contributed by atoms with E-state index in [4.69, 9.17) is 4.52 Å². The van der Waals surface area contributed by atoms with Gasteiger partial charge in [-0.3, -0.25) is 24.3 Å². The van der Waals surface area contributed by atoms with Crippen LogP contribution in [-0.2, 0) is 19.3 Å². The van der Waals surface area contributed by atoms with Gasteiger partial charge >= 0.3 is 18.1 Å². The van der Waals surface area contributed by atoms with Crippen molar-refractivity contribution in [3.63, 3.8) is 0 Å². The standard InChI is InChI=1S/C27H21F3N8O3/c28-27(29,30)20-10-22(33-25(39)19-13-32-37(15-19)14-18-6-2-1-3-7-18)12-23(11-20)34-26(40)35-24-17-38(36-41-24)16-21-8-4-5-9-31-21/h1-13,15,17H,14,16H2,(H2-,33,34,35,36,39,40)/p+1. The quantitative estimate of drug-likeness (QED) is 0.237. The Bertz CT molecular complexity index is 1650. The molecule has 3 aromatic heterocycles. The first kappa shape index (κ1) is 27.1. The van der Waals surface area contributed by atoms with Crippen LogP contribution in [0.15, 0.2) is 96.0 Å². The highest BCUT2D eigenvalue weighted by atomic mass is 19.4. The summed E-state index contributed by atoms with van der Waals surface area (Å²) in [6.07, 6.45) is 1.07. The van der Waals surface area contributed by atoms with Gasteiger partial charge in [-0.1, -0.05) is 36.4 Å². The fourth-order valence-electron chi connectivity index (χ4n) is 3.82. The number of hydrogen-bond donors (Lipinski definition) is 3. The zero-order valence-corrected chi connectivity index (χ0v) is 21.2. The van der Waals surface area contributed by atoms with Crippen LogP contribution in [0.5, 0.6) is 0 Å². The predicted octanol–water partition coefficient (Wildman–Crippen LogP) is 4.57. The molecule has 3 heterocycles. The van der Waals surface area contributed by atoms with Gasteiger partial charge in [0, 0.05) is 23.8 Å². The van der Waals surface area contributed by atoms with Crippen LogP contribution in [0.4, 0.5) is 35.2 Å². The zero-order chi connectivity index (χ0) is 28.8. The summed E-state index contributed by atoms with van der Waals surface area (Å²) in [5.74, 6) is -0.718. The summed E-state index contributed by atoms with van der Waals surface area (Å²) in [5, 5.41) is 15.0. The molecule has 0 saturated heterocycles. The predicted molar refractivity (Wildman–Crippen MR) is 140 cm³/mol. The fourth-order valence-corrected chi connectivity index (χ4v) is 3.82. The normalized spacial score (nSPS) is 11.2. The Morgan fingerprint density at radius 3 is 2.44 bits per heavy atom. The number of hydrogen-bond acceptors (Lipinski definition) is 6. The maximum absolute atomic E-state index is 13.6. The van der Waals surface area contributed by atoms with Crippen molar-refractivity contribution >= 4 is 29.2 Å².